The molecule has 0 aliphatic carbocycles. The van der Waals surface area contributed by atoms with E-state index in [0.717, 1.165) is 16.5 Å². The Balaban J connectivity index is 1.33. The number of aromatic nitrogens is 3. The van der Waals surface area contributed by atoms with Crippen molar-refractivity contribution >= 4 is 40.0 Å². The Morgan fingerprint density at radius 1 is 1.06 bits per heavy atom. The summed E-state index contributed by atoms with van der Waals surface area (Å²) in [6, 6.07) is 20.7. The molecule has 0 bridgehead atoms. The highest BCUT2D eigenvalue weighted by Crippen LogP contribution is 2.24. The molecule has 0 radical (unpaired) electrons. The molecule has 0 aliphatic heterocycles. The van der Waals surface area contributed by atoms with Crippen molar-refractivity contribution in [3.8, 4) is 5.75 Å². The van der Waals surface area contributed by atoms with Crippen LogP contribution in [0, 0.1) is 0 Å². The summed E-state index contributed by atoms with van der Waals surface area (Å²) in [6.45, 7) is 4.71. The molecule has 2 N–H and O–H groups in total. The van der Waals surface area contributed by atoms with Gasteiger partial charge in [-0.25, -0.2) is 0 Å². The number of benzene rings is 3. The van der Waals surface area contributed by atoms with Crippen LogP contribution in [0.5, 0.6) is 5.75 Å². The third kappa shape index (κ3) is 6.11. The molecule has 0 atom stereocenters. The predicted molar refractivity (Wildman–Crippen MR) is 143 cm³/mol. The van der Waals surface area contributed by atoms with Crippen molar-refractivity contribution < 1.29 is 14.3 Å². The second-order valence-corrected chi connectivity index (χ2v) is 8.84. The SMILES string of the molecule is C=CCn1c(CCNC(=O)c2ccc(OC)cc2)nnc1SCC(=O)Nc1cccc2ccccc12. The zero-order chi connectivity index (χ0) is 25.3. The maximum absolute atomic E-state index is 12.7. The highest BCUT2D eigenvalue weighted by Gasteiger charge is 2.15. The molecule has 4 aromatic rings. The van der Waals surface area contributed by atoms with Gasteiger partial charge in [0.15, 0.2) is 5.16 Å². The van der Waals surface area contributed by atoms with Crippen LogP contribution < -0.4 is 15.4 Å². The summed E-state index contributed by atoms with van der Waals surface area (Å²) in [5.41, 5.74) is 1.33. The van der Waals surface area contributed by atoms with Crippen LogP contribution >= 0.6 is 11.8 Å². The fourth-order valence-corrected chi connectivity index (χ4v) is 4.47. The normalized spacial score (nSPS) is 10.7. The summed E-state index contributed by atoms with van der Waals surface area (Å²) in [4.78, 5) is 25.1. The fraction of sp³-hybridized carbons (Fsp3) is 0.185. The van der Waals surface area contributed by atoms with Crippen molar-refractivity contribution in [3.05, 3.63) is 90.8 Å². The number of carbonyl (C=O) groups excluding carboxylic acids is 2. The number of nitrogens with one attached hydrogen (secondary N) is 2. The second-order valence-electron chi connectivity index (χ2n) is 7.90. The van der Waals surface area contributed by atoms with Gasteiger partial charge in [-0.15, -0.1) is 16.8 Å². The monoisotopic (exact) mass is 501 g/mol. The standard InChI is InChI=1S/C27H27N5O3S/c1-3-17-32-24(15-16-28-26(34)20-11-13-21(35-2)14-12-20)30-31-27(32)36-18-25(33)29-23-10-6-8-19-7-4-5-9-22(19)23/h3-14H,1,15-18H2,2H3,(H,28,34)(H,29,33). The van der Waals surface area contributed by atoms with Crippen LogP contribution in [0.4, 0.5) is 5.69 Å². The van der Waals surface area contributed by atoms with Gasteiger partial charge in [-0.2, -0.15) is 0 Å². The smallest absolute Gasteiger partial charge is 0.251 e. The van der Waals surface area contributed by atoms with Gasteiger partial charge in [-0.05, 0) is 35.7 Å². The molecule has 0 fully saturated rings. The van der Waals surface area contributed by atoms with Gasteiger partial charge in [0, 0.05) is 36.1 Å². The van der Waals surface area contributed by atoms with Crippen molar-refractivity contribution in [2.75, 3.05) is 24.7 Å². The molecule has 4 rings (SSSR count). The lowest BCUT2D eigenvalue weighted by molar-refractivity contribution is -0.113. The first-order chi connectivity index (χ1) is 17.6. The summed E-state index contributed by atoms with van der Waals surface area (Å²) < 4.78 is 7.03. The number of fused-ring (bicyclic) bond motifs is 1. The molecular formula is C27H27N5O3S. The minimum atomic E-state index is -0.174. The second kappa shape index (κ2) is 12.0. The molecule has 9 heteroatoms. The molecule has 1 aromatic heterocycles. The van der Waals surface area contributed by atoms with E-state index in [1.165, 1.54) is 11.8 Å². The predicted octanol–water partition coefficient (Wildman–Crippen LogP) is 4.33. The minimum Gasteiger partial charge on any atom is -0.497 e. The quantitative estimate of drug-likeness (QED) is 0.235. The van der Waals surface area contributed by atoms with E-state index in [0.29, 0.717) is 41.8 Å². The van der Waals surface area contributed by atoms with Gasteiger partial charge in [0.2, 0.25) is 5.91 Å². The molecule has 8 nitrogen and oxygen atoms in total. The summed E-state index contributed by atoms with van der Waals surface area (Å²) in [5, 5.41) is 17.1. The molecule has 3 aromatic carbocycles. The molecular weight excluding hydrogens is 474 g/mol. The number of methoxy groups -OCH3 is 1. The Morgan fingerprint density at radius 2 is 1.83 bits per heavy atom. The van der Waals surface area contributed by atoms with E-state index in [9.17, 15) is 9.59 Å². The summed E-state index contributed by atoms with van der Waals surface area (Å²) >= 11 is 1.31. The third-order valence-electron chi connectivity index (χ3n) is 5.49. The van der Waals surface area contributed by atoms with E-state index in [1.54, 1.807) is 37.5 Å². The molecule has 36 heavy (non-hydrogen) atoms. The average molecular weight is 502 g/mol. The maximum atomic E-state index is 12.7. The molecule has 0 saturated heterocycles. The Hall–Kier alpha value is -4.11. The van der Waals surface area contributed by atoms with Gasteiger partial charge in [0.25, 0.3) is 5.91 Å². The average Bonchev–Trinajstić information content (AvgIpc) is 3.29. The van der Waals surface area contributed by atoms with Gasteiger partial charge in [-0.3, -0.25) is 9.59 Å². The van der Waals surface area contributed by atoms with Crippen LogP contribution in [0.25, 0.3) is 10.8 Å². The molecule has 0 unspecified atom stereocenters. The summed E-state index contributed by atoms with van der Waals surface area (Å²) in [6.07, 6.45) is 2.24. The Bertz CT molecular complexity index is 1360. The van der Waals surface area contributed by atoms with Gasteiger partial charge < -0.3 is 19.9 Å². The number of rotatable bonds is 11. The van der Waals surface area contributed by atoms with E-state index < -0.39 is 0 Å². The first kappa shape index (κ1) is 25.0. The van der Waals surface area contributed by atoms with Gasteiger partial charge in [0.05, 0.1) is 12.9 Å². The third-order valence-corrected chi connectivity index (χ3v) is 6.45. The van der Waals surface area contributed by atoms with Crippen LogP contribution in [0.1, 0.15) is 16.2 Å². The van der Waals surface area contributed by atoms with Gasteiger partial charge in [0.1, 0.15) is 11.6 Å². The summed E-state index contributed by atoms with van der Waals surface area (Å²) in [7, 11) is 1.58. The lowest BCUT2D eigenvalue weighted by Gasteiger charge is -2.10. The first-order valence-electron chi connectivity index (χ1n) is 11.4. The molecule has 0 saturated carbocycles. The van der Waals surface area contributed by atoms with E-state index in [2.05, 4.69) is 27.4 Å². The fourth-order valence-electron chi connectivity index (χ4n) is 3.71. The highest BCUT2D eigenvalue weighted by molar-refractivity contribution is 7.99. The number of thioether (sulfide) groups is 1. The van der Waals surface area contributed by atoms with Gasteiger partial charge in [-0.1, -0.05) is 54.2 Å². The number of hydrogen-bond donors (Lipinski definition) is 2. The zero-order valence-electron chi connectivity index (χ0n) is 19.9. The lowest BCUT2D eigenvalue weighted by atomic mass is 10.1. The van der Waals surface area contributed by atoms with Crippen LogP contribution in [0.3, 0.4) is 0 Å². The Labute approximate surface area is 213 Å². The van der Waals surface area contributed by atoms with E-state index in [4.69, 9.17) is 4.74 Å². The van der Waals surface area contributed by atoms with Crippen molar-refractivity contribution in [1.29, 1.82) is 0 Å². The molecule has 1 heterocycles. The number of ether oxygens (including phenoxy) is 1. The molecule has 0 aliphatic rings. The number of carbonyl (C=O) groups is 2. The number of amides is 2. The number of nitrogens with zero attached hydrogens (tertiary/aromatic N) is 3. The molecule has 184 valence electrons. The largest absolute Gasteiger partial charge is 0.497 e. The van der Waals surface area contributed by atoms with Crippen molar-refractivity contribution in [2.24, 2.45) is 0 Å². The highest BCUT2D eigenvalue weighted by atomic mass is 32.2. The number of hydrogen-bond acceptors (Lipinski definition) is 6. The van der Waals surface area contributed by atoms with E-state index in [-0.39, 0.29) is 17.6 Å². The molecule has 2 amide bonds. The Kier molecular flexibility index (Phi) is 8.36. The van der Waals surface area contributed by atoms with Gasteiger partial charge >= 0.3 is 0 Å². The van der Waals surface area contributed by atoms with Crippen molar-refractivity contribution in [2.45, 2.75) is 18.1 Å². The Morgan fingerprint density at radius 3 is 2.61 bits per heavy atom. The van der Waals surface area contributed by atoms with Crippen molar-refractivity contribution in [3.63, 3.8) is 0 Å². The van der Waals surface area contributed by atoms with Crippen molar-refractivity contribution in [1.82, 2.24) is 20.1 Å². The zero-order valence-corrected chi connectivity index (χ0v) is 20.8. The lowest BCUT2D eigenvalue weighted by Crippen LogP contribution is -2.26. The molecule has 0 spiro atoms. The summed E-state index contributed by atoms with van der Waals surface area (Å²) in [5.74, 6) is 1.29. The number of allylic oxidation sites excluding steroid dienone is 1. The van der Waals surface area contributed by atoms with Crippen LogP contribution in [0.2, 0.25) is 0 Å². The minimum absolute atomic E-state index is 0.127. The topological polar surface area (TPSA) is 98.1 Å². The number of anilines is 1. The first-order valence-corrected chi connectivity index (χ1v) is 12.4. The maximum Gasteiger partial charge on any atom is 0.251 e. The van der Waals surface area contributed by atoms with E-state index in [1.807, 2.05) is 47.0 Å². The van der Waals surface area contributed by atoms with Crippen LogP contribution in [0.15, 0.2) is 84.5 Å². The van der Waals surface area contributed by atoms with Crippen LogP contribution in [-0.2, 0) is 17.8 Å². The van der Waals surface area contributed by atoms with Crippen LogP contribution in [-0.4, -0.2) is 46.0 Å². The van der Waals surface area contributed by atoms with E-state index >= 15 is 0 Å².